The quantitative estimate of drug-likeness (QED) is 0.539. The third-order valence-electron chi connectivity index (χ3n) is 0.979. The lowest BCUT2D eigenvalue weighted by atomic mass is 10.3. The van der Waals surface area contributed by atoms with Crippen molar-refractivity contribution in [2.45, 2.75) is 0 Å². The Kier molecular flexibility index (Phi) is 5.16. The zero-order chi connectivity index (χ0) is 7.82. The lowest BCUT2D eigenvalue weighted by molar-refractivity contribution is 0.415. The molecule has 10 heavy (non-hydrogen) atoms. The number of methoxy groups -OCH3 is 1. The normalized spacial score (nSPS) is 7.30. The predicted molar refractivity (Wildman–Crippen MR) is 44.2 cm³/mol. The van der Waals surface area contributed by atoms with Crippen LogP contribution in [-0.4, -0.2) is 7.11 Å². The van der Waals surface area contributed by atoms with E-state index in [1.807, 2.05) is 30.3 Å². The summed E-state index contributed by atoms with van der Waals surface area (Å²) in [5, 5.41) is 0. The number of hydrogen-bond donors (Lipinski definition) is 0. The van der Waals surface area contributed by atoms with Crippen LogP contribution in [0, 0.1) is 0 Å². The fraction of sp³-hybridized carbons (Fsp3) is 0.111. The molecule has 1 aromatic carbocycles. The first-order valence-corrected chi connectivity index (χ1v) is 3.02. The number of rotatable bonds is 1. The van der Waals surface area contributed by atoms with Gasteiger partial charge < -0.3 is 4.74 Å². The molecule has 0 radical (unpaired) electrons. The first kappa shape index (κ1) is 8.76. The van der Waals surface area contributed by atoms with E-state index in [2.05, 4.69) is 13.2 Å². The van der Waals surface area contributed by atoms with Gasteiger partial charge in [-0.3, -0.25) is 0 Å². The Labute approximate surface area is 62.0 Å². The number of hydrogen-bond acceptors (Lipinski definition) is 1. The maximum Gasteiger partial charge on any atom is 0.118 e. The highest BCUT2D eigenvalue weighted by molar-refractivity contribution is 5.20. The summed E-state index contributed by atoms with van der Waals surface area (Å²) < 4.78 is 4.91. The average Bonchev–Trinajstić information content (AvgIpc) is 2.10. The second-order valence-electron chi connectivity index (χ2n) is 1.52. The van der Waals surface area contributed by atoms with E-state index in [4.69, 9.17) is 4.74 Å². The molecule has 0 unspecified atom stereocenters. The Morgan fingerprint density at radius 3 is 1.90 bits per heavy atom. The zero-order valence-corrected chi connectivity index (χ0v) is 6.21. The molecule has 0 fully saturated rings. The Morgan fingerprint density at radius 2 is 1.60 bits per heavy atom. The van der Waals surface area contributed by atoms with Gasteiger partial charge in [0.2, 0.25) is 0 Å². The molecule has 0 aliphatic rings. The smallest absolute Gasteiger partial charge is 0.118 e. The monoisotopic (exact) mass is 136 g/mol. The van der Waals surface area contributed by atoms with Gasteiger partial charge in [-0.15, -0.1) is 13.2 Å². The van der Waals surface area contributed by atoms with E-state index in [0.29, 0.717) is 0 Å². The zero-order valence-electron chi connectivity index (χ0n) is 6.21. The second-order valence-corrected chi connectivity index (χ2v) is 1.52. The van der Waals surface area contributed by atoms with Crippen LogP contribution < -0.4 is 4.74 Å². The van der Waals surface area contributed by atoms with E-state index in [1.165, 1.54) is 0 Å². The topological polar surface area (TPSA) is 9.23 Å². The van der Waals surface area contributed by atoms with Crippen LogP contribution in [0.3, 0.4) is 0 Å². The van der Waals surface area contributed by atoms with Crippen molar-refractivity contribution >= 4 is 0 Å². The fourth-order valence-electron chi connectivity index (χ4n) is 0.557. The van der Waals surface area contributed by atoms with Gasteiger partial charge in [0.1, 0.15) is 5.75 Å². The molecule has 0 saturated heterocycles. The van der Waals surface area contributed by atoms with Crippen molar-refractivity contribution in [3.05, 3.63) is 43.5 Å². The van der Waals surface area contributed by atoms with Crippen molar-refractivity contribution in [1.82, 2.24) is 0 Å². The van der Waals surface area contributed by atoms with Gasteiger partial charge in [-0.1, -0.05) is 18.2 Å². The average molecular weight is 136 g/mol. The summed E-state index contributed by atoms with van der Waals surface area (Å²) >= 11 is 0. The van der Waals surface area contributed by atoms with Crippen LogP contribution >= 0.6 is 0 Å². The molecule has 0 bridgehead atoms. The molecule has 0 aliphatic carbocycles. The SMILES string of the molecule is C=C.COc1ccccc1. The minimum Gasteiger partial charge on any atom is -0.497 e. The summed E-state index contributed by atoms with van der Waals surface area (Å²) in [5.41, 5.74) is 0. The Balaban J connectivity index is 0.000000371. The molecule has 0 aromatic heterocycles. The molecule has 1 nitrogen and oxygen atoms in total. The second kappa shape index (κ2) is 5.89. The molecule has 0 atom stereocenters. The summed E-state index contributed by atoms with van der Waals surface area (Å²) in [7, 11) is 1.66. The largest absolute Gasteiger partial charge is 0.497 e. The van der Waals surface area contributed by atoms with Gasteiger partial charge in [-0.2, -0.15) is 0 Å². The van der Waals surface area contributed by atoms with Crippen LogP contribution in [-0.2, 0) is 0 Å². The van der Waals surface area contributed by atoms with Crippen LogP contribution in [0.4, 0.5) is 0 Å². The third kappa shape index (κ3) is 2.92. The molecular formula is C9H12O. The minimum atomic E-state index is 0.910. The molecule has 0 spiro atoms. The van der Waals surface area contributed by atoms with Crippen molar-refractivity contribution in [3.63, 3.8) is 0 Å². The number of ether oxygens (including phenoxy) is 1. The lowest BCUT2D eigenvalue weighted by Crippen LogP contribution is -1.78. The minimum absolute atomic E-state index is 0.910. The van der Waals surface area contributed by atoms with E-state index < -0.39 is 0 Å². The standard InChI is InChI=1S/C7H8O.C2H4/c1-8-7-5-3-2-4-6-7;1-2/h2-6H,1H3;1-2H2. The molecule has 0 aliphatic heterocycles. The van der Waals surface area contributed by atoms with Crippen molar-refractivity contribution in [2.75, 3.05) is 7.11 Å². The van der Waals surface area contributed by atoms with Crippen molar-refractivity contribution in [3.8, 4) is 5.75 Å². The number of benzene rings is 1. The van der Waals surface area contributed by atoms with Gasteiger partial charge >= 0.3 is 0 Å². The molecule has 0 amide bonds. The molecule has 1 aromatic rings. The van der Waals surface area contributed by atoms with E-state index >= 15 is 0 Å². The highest BCUT2D eigenvalue weighted by Gasteiger charge is 1.80. The molecular weight excluding hydrogens is 124 g/mol. The molecule has 0 heterocycles. The fourth-order valence-corrected chi connectivity index (χ4v) is 0.557. The summed E-state index contributed by atoms with van der Waals surface area (Å²) in [6, 6.07) is 9.68. The molecule has 0 N–H and O–H groups in total. The Bertz CT molecular complexity index is 158. The van der Waals surface area contributed by atoms with E-state index in [9.17, 15) is 0 Å². The third-order valence-corrected chi connectivity index (χ3v) is 0.979. The molecule has 0 saturated carbocycles. The Morgan fingerprint density at radius 1 is 1.10 bits per heavy atom. The van der Waals surface area contributed by atoms with Gasteiger partial charge in [-0.25, -0.2) is 0 Å². The van der Waals surface area contributed by atoms with Gasteiger partial charge in [0.25, 0.3) is 0 Å². The van der Waals surface area contributed by atoms with E-state index in [1.54, 1.807) is 7.11 Å². The summed E-state index contributed by atoms with van der Waals surface area (Å²) in [4.78, 5) is 0. The first-order chi connectivity index (χ1) is 4.93. The highest BCUT2D eigenvalue weighted by atomic mass is 16.5. The van der Waals surface area contributed by atoms with Crippen molar-refractivity contribution in [1.29, 1.82) is 0 Å². The molecule has 54 valence electrons. The van der Waals surface area contributed by atoms with Gasteiger partial charge in [-0.05, 0) is 12.1 Å². The Hall–Kier alpha value is -1.24. The maximum atomic E-state index is 4.91. The van der Waals surface area contributed by atoms with Crippen LogP contribution in [0.1, 0.15) is 0 Å². The lowest BCUT2D eigenvalue weighted by Gasteiger charge is -1.93. The summed E-state index contributed by atoms with van der Waals surface area (Å²) in [5.74, 6) is 0.910. The van der Waals surface area contributed by atoms with Gasteiger partial charge in [0, 0.05) is 0 Å². The van der Waals surface area contributed by atoms with Crippen molar-refractivity contribution < 1.29 is 4.74 Å². The molecule has 1 heteroatoms. The highest BCUT2D eigenvalue weighted by Crippen LogP contribution is 2.05. The van der Waals surface area contributed by atoms with Crippen LogP contribution in [0.5, 0.6) is 5.75 Å². The molecule has 1 rings (SSSR count). The van der Waals surface area contributed by atoms with E-state index in [-0.39, 0.29) is 0 Å². The summed E-state index contributed by atoms with van der Waals surface area (Å²) in [6.07, 6.45) is 0. The van der Waals surface area contributed by atoms with Crippen molar-refractivity contribution in [2.24, 2.45) is 0 Å². The predicted octanol–water partition coefficient (Wildman–Crippen LogP) is 2.50. The van der Waals surface area contributed by atoms with Gasteiger partial charge in [0.15, 0.2) is 0 Å². The van der Waals surface area contributed by atoms with Gasteiger partial charge in [0.05, 0.1) is 7.11 Å². The van der Waals surface area contributed by atoms with E-state index in [0.717, 1.165) is 5.75 Å². The van der Waals surface area contributed by atoms with Crippen LogP contribution in [0.25, 0.3) is 0 Å². The maximum absolute atomic E-state index is 4.91. The first-order valence-electron chi connectivity index (χ1n) is 3.02. The van der Waals surface area contributed by atoms with Crippen LogP contribution in [0.2, 0.25) is 0 Å². The number of para-hydroxylation sites is 1. The summed E-state index contributed by atoms with van der Waals surface area (Å²) in [6.45, 7) is 6.00. The van der Waals surface area contributed by atoms with Crippen LogP contribution in [0.15, 0.2) is 43.5 Å².